The Morgan fingerprint density at radius 2 is 1.41 bits per heavy atom. The van der Waals surface area contributed by atoms with Crippen LogP contribution in [-0.4, -0.2) is 18.2 Å². The summed E-state index contributed by atoms with van der Waals surface area (Å²) < 4.78 is 0. The van der Waals surface area contributed by atoms with E-state index >= 15 is 0 Å². The molecule has 0 atom stereocenters. The van der Waals surface area contributed by atoms with E-state index in [-0.39, 0.29) is 0 Å². The van der Waals surface area contributed by atoms with E-state index < -0.39 is 0 Å². The quantitative estimate of drug-likeness (QED) is 0.603. The fourth-order valence-electron chi connectivity index (χ4n) is 4.96. The number of rotatable bonds is 0. The van der Waals surface area contributed by atoms with E-state index in [1.807, 2.05) is 6.07 Å². The van der Waals surface area contributed by atoms with Gasteiger partial charge in [-0.3, -0.25) is 0 Å². The molecule has 5 rings (SSSR count). The molecule has 2 heteroatoms. The maximum atomic E-state index is 9.88. The lowest BCUT2D eigenvalue weighted by atomic mass is 9.96. The first-order valence-corrected chi connectivity index (χ1v) is 10.9. The van der Waals surface area contributed by atoms with Crippen LogP contribution in [0.25, 0.3) is 0 Å². The summed E-state index contributed by atoms with van der Waals surface area (Å²) in [4.78, 5) is 2.47. The minimum atomic E-state index is 0.500. The second kappa shape index (κ2) is 8.37. The summed E-state index contributed by atoms with van der Waals surface area (Å²) in [6, 6.07) is 10.9. The Morgan fingerprint density at radius 3 is 2.30 bits per heavy atom. The minimum Gasteiger partial charge on any atom is -0.508 e. The molecule has 27 heavy (non-hydrogen) atoms. The van der Waals surface area contributed by atoms with Crippen molar-refractivity contribution < 1.29 is 5.11 Å². The summed E-state index contributed by atoms with van der Waals surface area (Å²) >= 11 is 0. The molecule has 2 aromatic rings. The van der Waals surface area contributed by atoms with Crippen LogP contribution in [0, 0.1) is 6.92 Å². The predicted octanol–water partition coefficient (Wildman–Crippen LogP) is 5.75. The van der Waals surface area contributed by atoms with Gasteiger partial charge < -0.3 is 10.0 Å². The van der Waals surface area contributed by atoms with Crippen LogP contribution >= 0.6 is 0 Å². The number of phenolic OH excluding ortho intramolecular Hbond substituents is 1. The van der Waals surface area contributed by atoms with E-state index in [1.54, 1.807) is 11.1 Å². The first-order chi connectivity index (χ1) is 13.2. The Bertz CT molecular complexity index is 795. The van der Waals surface area contributed by atoms with Crippen LogP contribution in [0.5, 0.6) is 5.75 Å². The summed E-state index contributed by atoms with van der Waals surface area (Å²) in [5.74, 6) is 0.500. The van der Waals surface area contributed by atoms with Crippen molar-refractivity contribution in [2.75, 3.05) is 18.0 Å². The first kappa shape index (κ1) is 18.4. The SMILES string of the molecule is Cc1ccc2c(c1)CCCCC2.Oc1ccc2c3c1CCCN3CCCC2. The molecule has 2 aromatic carbocycles. The maximum Gasteiger partial charge on any atom is 0.120 e. The highest BCUT2D eigenvalue weighted by Crippen LogP contribution is 2.38. The van der Waals surface area contributed by atoms with Crippen molar-refractivity contribution >= 4 is 5.69 Å². The second-order valence-corrected chi connectivity index (χ2v) is 8.45. The lowest BCUT2D eigenvalue weighted by Gasteiger charge is -2.32. The number of aromatic hydroxyl groups is 1. The number of hydrogen-bond acceptors (Lipinski definition) is 2. The zero-order chi connectivity index (χ0) is 18.6. The van der Waals surface area contributed by atoms with E-state index in [9.17, 15) is 5.11 Å². The molecule has 2 aliphatic heterocycles. The Labute approximate surface area is 164 Å². The summed E-state index contributed by atoms with van der Waals surface area (Å²) in [6.45, 7) is 4.53. The van der Waals surface area contributed by atoms with Crippen molar-refractivity contribution in [3.8, 4) is 5.75 Å². The lowest BCUT2D eigenvalue weighted by Crippen LogP contribution is -2.30. The van der Waals surface area contributed by atoms with E-state index in [2.05, 4.69) is 36.1 Å². The van der Waals surface area contributed by atoms with Crippen LogP contribution in [0.4, 0.5) is 5.69 Å². The minimum absolute atomic E-state index is 0.500. The number of nitrogens with zero attached hydrogens (tertiary/aromatic N) is 1. The van der Waals surface area contributed by atoms with E-state index in [4.69, 9.17) is 0 Å². The van der Waals surface area contributed by atoms with Crippen LogP contribution in [-0.2, 0) is 25.7 Å². The normalized spacial score (nSPS) is 18.3. The van der Waals surface area contributed by atoms with Crippen LogP contribution in [0.3, 0.4) is 0 Å². The Kier molecular flexibility index (Phi) is 5.71. The van der Waals surface area contributed by atoms with Gasteiger partial charge in [-0.05, 0) is 87.5 Å². The third-order valence-electron chi connectivity index (χ3n) is 6.39. The molecule has 144 valence electrons. The van der Waals surface area contributed by atoms with Gasteiger partial charge in [0.1, 0.15) is 5.75 Å². The monoisotopic (exact) mass is 363 g/mol. The molecule has 0 unspecified atom stereocenters. The summed E-state index contributed by atoms with van der Waals surface area (Å²) in [6.07, 6.45) is 12.8. The van der Waals surface area contributed by atoms with Gasteiger partial charge in [0.05, 0.1) is 0 Å². The maximum absolute atomic E-state index is 9.88. The van der Waals surface area contributed by atoms with Crippen molar-refractivity contribution in [2.45, 2.75) is 71.1 Å². The molecule has 0 amide bonds. The fourth-order valence-corrected chi connectivity index (χ4v) is 4.96. The van der Waals surface area contributed by atoms with Gasteiger partial charge in [0, 0.05) is 24.3 Å². The summed E-state index contributed by atoms with van der Waals surface area (Å²) in [5.41, 5.74) is 8.61. The average Bonchev–Trinajstić information content (AvgIpc) is 3.04. The molecular weight excluding hydrogens is 330 g/mol. The zero-order valence-electron chi connectivity index (χ0n) is 16.8. The van der Waals surface area contributed by atoms with Gasteiger partial charge in [-0.15, -0.1) is 0 Å². The largest absolute Gasteiger partial charge is 0.508 e. The van der Waals surface area contributed by atoms with Gasteiger partial charge >= 0.3 is 0 Å². The van der Waals surface area contributed by atoms with E-state index in [0.717, 1.165) is 6.42 Å². The van der Waals surface area contributed by atoms with Crippen molar-refractivity contribution in [1.82, 2.24) is 0 Å². The molecule has 0 saturated heterocycles. The van der Waals surface area contributed by atoms with Gasteiger partial charge in [-0.25, -0.2) is 0 Å². The van der Waals surface area contributed by atoms with Crippen molar-refractivity contribution in [2.24, 2.45) is 0 Å². The molecule has 2 nitrogen and oxygen atoms in total. The molecule has 0 saturated carbocycles. The molecule has 1 aliphatic carbocycles. The van der Waals surface area contributed by atoms with E-state index in [0.29, 0.717) is 5.75 Å². The molecule has 1 N–H and O–H groups in total. The van der Waals surface area contributed by atoms with Crippen molar-refractivity contribution in [1.29, 1.82) is 0 Å². The Morgan fingerprint density at radius 1 is 0.704 bits per heavy atom. The number of benzene rings is 2. The van der Waals surface area contributed by atoms with Crippen LogP contribution < -0.4 is 4.90 Å². The molecule has 0 fully saturated rings. The van der Waals surface area contributed by atoms with Gasteiger partial charge in [0.15, 0.2) is 0 Å². The number of phenols is 1. The fraction of sp³-hybridized carbons (Fsp3) is 0.520. The third kappa shape index (κ3) is 4.15. The van der Waals surface area contributed by atoms with Gasteiger partial charge in [-0.2, -0.15) is 0 Å². The molecule has 0 aromatic heterocycles. The van der Waals surface area contributed by atoms with Crippen LogP contribution in [0.15, 0.2) is 30.3 Å². The molecule has 0 spiro atoms. The Balaban J connectivity index is 0.000000137. The van der Waals surface area contributed by atoms with Crippen LogP contribution in [0.1, 0.15) is 66.3 Å². The zero-order valence-corrected chi connectivity index (χ0v) is 16.8. The lowest BCUT2D eigenvalue weighted by molar-refractivity contribution is 0.464. The average molecular weight is 364 g/mol. The molecular formula is C25H33NO. The number of fused-ring (bicyclic) bond motifs is 1. The number of aryl methyl sites for hydroxylation is 4. The molecule has 0 bridgehead atoms. The highest BCUT2D eigenvalue weighted by molar-refractivity contribution is 5.66. The molecule has 2 heterocycles. The predicted molar refractivity (Wildman–Crippen MR) is 114 cm³/mol. The number of hydrogen-bond donors (Lipinski definition) is 1. The van der Waals surface area contributed by atoms with Gasteiger partial charge in [-0.1, -0.05) is 36.2 Å². The van der Waals surface area contributed by atoms with Gasteiger partial charge in [0.25, 0.3) is 0 Å². The third-order valence-corrected chi connectivity index (χ3v) is 6.39. The van der Waals surface area contributed by atoms with E-state index in [1.165, 1.54) is 93.3 Å². The summed E-state index contributed by atoms with van der Waals surface area (Å²) in [5, 5.41) is 9.88. The smallest absolute Gasteiger partial charge is 0.120 e. The highest BCUT2D eigenvalue weighted by Gasteiger charge is 2.24. The second-order valence-electron chi connectivity index (χ2n) is 8.45. The number of anilines is 1. The standard InChI is InChI=1S/C13H17NO.C12H16/c15-12-7-6-10-4-1-2-8-14-9-3-5-11(12)13(10)14;1-10-7-8-11-5-3-2-4-6-12(11)9-10/h6-7,15H,1-5,8-9H2;7-9H,2-6H2,1H3. The molecule has 0 radical (unpaired) electrons. The highest BCUT2D eigenvalue weighted by atomic mass is 16.3. The molecule has 3 aliphatic rings. The summed E-state index contributed by atoms with van der Waals surface area (Å²) in [7, 11) is 0. The topological polar surface area (TPSA) is 23.5 Å². The van der Waals surface area contributed by atoms with Crippen molar-refractivity contribution in [3.05, 3.63) is 58.1 Å². The van der Waals surface area contributed by atoms with Crippen LogP contribution in [0.2, 0.25) is 0 Å². The van der Waals surface area contributed by atoms with Crippen molar-refractivity contribution in [3.63, 3.8) is 0 Å². The van der Waals surface area contributed by atoms with Gasteiger partial charge in [0.2, 0.25) is 0 Å². The Hall–Kier alpha value is -1.96. The first-order valence-electron chi connectivity index (χ1n) is 10.9.